The fourth-order valence-electron chi connectivity index (χ4n) is 1.47. The summed E-state index contributed by atoms with van der Waals surface area (Å²) >= 11 is 5.83. The van der Waals surface area contributed by atoms with Gasteiger partial charge in [-0.3, -0.25) is 9.59 Å². The van der Waals surface area contributed by atoms with Gasteiger partial charge in [-0.2, -0.15) is 0 Å². The van der Waals surface area contributed by atoms with Gasteiger partial charge in [0.05, 0.1) is 12.1 Å². The molecule has 114 valence electrons. The highest BCUT2D eigenvalue weighted by Crippen LogP contribution is 2.27. The summed E-state index contributed by atoms with van der Waals surface area (Å²) in [5, 5.41) is 20.1. The third kappa shape index (κ3) is 5.19. The fraction of sp³-hybridized carbons (Fsp3) is 0.250. The van der Waals surface area contributed by atoms with Gasteiger partial charge in [0.15, 0.2) is 0 Å². The van der Waals surface area contributed by atoms with E-state index < -0.39 is 31.1 Å². The monoisotopic (exact) mass is 316 g/mol. The summed E-state index contributed by atoms with van der Waals surface area (Å²) in [6.07, 6.45) is 0. The Bertz CT molecular complexity index is 547. The van der Waals surface area contributed by atoms with Crippen LogP contribution >= 0.6 is 11.6 Å². The average molecular weight is 317 g/mol. The molecule has 9 heteroatoms. The summed E-state index contributed by atoms with van der Waals surface area (Å²) in [6.45, 7) is -1.47. The Hall–Kier alpha value is -2.48. The molecular formula is C12H13ClN2O6. The van der Waals surface area contributed by atoms with E-state index in [0.29, 0.717) is 21.4 Å². The van der Waals surface area contributed by atoms with Crippen molar-refractivity contribution in [1.82, 2.24) is 4.90 Å². The Morgan fingerprint density at radius 3 is 2.29 bits per heavy atom. The van der Waals surface area contributed by atoms with Crippen LogP contribution in [0.3, 0.4) is 0 Å². The highest BCUT2D eigenvalue weighted by Gasteiger charge is 2.20. The first-order valence-corrected chi connectivity index (χ1v) is 6.04. The number of rotatable bonds is 6. The van der Waals surface area contributed by atoms with Gasteiger partial charge in [0, 0.05) is 11.8 Å². The van der Waals surface area contributed by atoms with Crippen molar-refractivity contribution in [2.75, 3.05) is 25.5 Å². The Kier molecular flexibility index (Phi) is 5.79. The van der Waals surface area contributed by atoms with Gasteiger partial charge in [0.1, 0.15) is 18.8 Å². The molecule has 1 rings (SSSR count). The second-order valence-corrected chi connectivity index (χ2v) is 4.33. The zero-order valence-corrected chi connectivity index (χ0v) is 11.8. The predicted octanol–water partition coefficient (Wildman–Crippen LogP) is 1.35. The van der Waals surface area contributed by atoms with Crippen LogP contribution in [0.1, 0.15) is 0 Å². The van der Waals surface area contributed by atoms with Crippen molar-refractivity contribution in [3.05, 3.63) is 23.2 Å². The van der Waals surface area contributed by atoms with E-state index in [4.69, 9.17) is 26.6 Å². The number of methoxy groups -OCH3 is 1. The van der Waals surface area contributed by atoms with Crippen molar-refractivity contribution in [2.24, 2.45) is 0 Å². The Morgan fingerprint density at radius 2 is 1.81 bits per heavy atom. The molecule has 21 heavy (non-hydrogen) atoms. The number of benzene rings is 1. The van der Waals surface area contributed by atoms with E-state index in [1.54, 1.807) is 0 Å². The number of nitrogens with one attached hydrogen (secondary N) is 1. The molecule has 0 spiro atoms. The van der Waals surface area contributed by atoms with Gasteiger partial charge in [0.25, 0.3) is 0 Å². The number of anilines is 1. The zero-order valence-electron chi connectivity index (χ0n) is 11.0. The van der Waals surface area contributed by atoms with Crippen LogP contribution < -0.4 is 10.1 Å². The third-order valence-electron chi connectivity index (χ3n) is 2.34. The van der Waals surface area contributed by atoms with Crippen LogP contribution in [-0.2, 0) is 9.59 Å². The number of halogens is 1. The lowest BCUT2D eigenvalue weighted by Gasteiger charge is -2.19. The number of hydrogen-bond donors (Lipinski definition) is 3. The molecule has 0 radical (unpaired) electrons. The quantitative estimate of drug-likeness (QED) is 0.729. The number of ether oxygens (including phenoxy) is 1. The van der Waals surface area contributed by atoms with Gasteiger partial charge in [-0.1, -0.05) is 11.6 Å². The van der Waals surface area contributed by atoms with E-state index in [-0.39, 0.29) is 0 Å². The summed E-state index contributed by atoms with van der Waals surface area (Å²) < 4.78 is 4.97. The molecule has 0 aliphatic rings. The molecule has 3 N–H and O–H groups in total. The first-order valence-electron chi connectivity index (χ1n) is 5.66. The minimum atomic E-state index is -1.32. The highest BCUT2D eigenvalue weighted by atomic mass is 35.5. The van der Waals surface area contributed by atoms with Crippen molar-refractivity contribution in [3.63, 3.8) is 0 Å². The molecule has 0 saturated heterocycles. The lowest BCUT2D eigenvalue weighted by Crippen LogP contribution is -2.41. The molecule has 0 atom stereocenters. The second kappa shape index (κ2) is 7.34. The lowest BCUT2D eigenvalue weighted by atomic mass is 10.3. The van der Waals surface area contributed by atoms with Gasteiger partial charge in [-0.15, -0.1) is 0 Å². The number of hydrogen-bond acceptors (Lipinski definition) is 4. The first-order chi connectivity index (χ1) is 9.83. The summed E-state index contributed by atoms with van der Waals surface area (Å²) in [5.41, 5.74) is 0.294. The van der Waals surface area contributed by atoms with Gasteiger partial charge < -0.3 is 25.2 Å². The number of carboxylic acids is 2. The molecule has 0 fully saturated rings. The van der Waals surface area contributed by atoms with E-state index in [0.717, 1.165) is 0 Å². The third-order valence-corrected chi connectivity index (χ3v) is 2.65. The van der Waals surface area contributed by atoms with Crippen LogP contribution in [0.5, 0.6) is 5.75 Å². The molecule has 1 aromatic carbocycles. The number of aliphatic carboxylic acids is 2. The number of amides is 2. The molecule has 2 amide bonds. The summed E-state index contributed by atoms with van der Waals surface area (Å²) in [4.78, 5) is 33.8. The number of urea groups is 1. The molecule has 0 aliphatic heterocycles. The van der Waals surface area contributed by atoms with Crippen molar-refractivity contribution >= 4 is 35.3 Å². The van der Waals surface area contributed by atoms with E-state index in [9.17, 15) is 14.4 Å². The highest BCUT2D eigenvalue weighted by molar-refractivity contribution is 6.32. The van der Waals surface area contributed by atoms with Crippen molar-refractivity contribution in [2.45, 2.75) is 0 Å². The maximum Gasteiger partial charge on any atom is 0.323 e. The van der Waals surface area contributed by atoms with Gasteiger partial charge in [0.2, 0.25) is 0 Å². The van der Waals surface area contributed by atoms with E-state index in [2.05, 4.69) is 5.32 Å². The summed E-state index contributed by atoms with van der Waals surface area (Å²) in [7, 11) is 1.40. The minimum Gasteiger partial charge on any atom is -0.495 e. The predicted molar refractivity (Wildman–Crippen MR) is 73.9 cm³/mol. The standard InChI is InChI=1S/C12H13ClN2O6/c1-21-9-4-7(2-3-8(9)13)14-12(20)15(5-10(16)17)6-11(18)19/h2-4H,5-6H2,1H3,(H,14,20)(H,16,17)(H,18,19). The Morgan fingerprint density at radius 1 is 1.24 bits per heavy atom. The molecule has 8 nitrogen and oxygen atoms in total. The summed E-state index contributed by atoms with van der Waals surface area (Å²) in [6, 6.07) is 3.53. The molecular weight excluding hydrogens is 304 g/mol. The molecule has 0 bridgehead atoms. The largest absolute Gasteiger partial charge is 0.495 e. The molecule has 0 aliphatic carbocycles. The van der Waals surface area contributed by atoms with Crippen LogP contribution in [0.25, 0.3) is 0 Å². The number of carboxylic acid groups (broad SMARTS) is 2. The molecule has 0 unspecified atom stereocenters. The smallest absolute Gasteiger partial charge is 0.323 e. The Balaban J connectivity index is 2.85. The SMILES string of the molecule is COc1cc(NC(=O)N(CC(=O)O)CC(=O)O)ccc1Cl. The van der Waals surface area contributed by atoms with Crippen molar-refractivity contribution < 1.29 is 29.3 Å². The van der Waals surface area contributed by atoms with Gasteiger partial charge in [-0.25, -0.2) is 4.79 Å². The van der Waals surface area contributed by atoms with E-state index >= 15 is 0 Å². The molecule has 0 saturated carbocycles. The van der Waals surface area contributed by atoms with Crippen LogP contribution in [0.15, 0.2) is 18.2 Å². The van der Waals surface area contributed by atoms with Crippen LogP contribution in [-0.4, -0.2) is 53.3 Å². The average Bonchev–Trinajstić information content (AvgIpc) is 2.39. The van der Waals surface area contributed by atoms with E-state index in [1.165, 1.54) is 25.3 Å². The van der Waals surface area contributed by atoms with Crippen LogP contribution in [0, 0.1) is 0 Å². The maximum absolute atomic E-state index is 11.9. The number of carbonyl (C=O) groups is 3. The molecule has 0 aromatic heterocycles. The number of nitrogens with zero attached hydrogens (tertiary/aromatic N) is 1. The Labute approximate surface area is 124 Å². The second-order valence-electron chi connectivity index (χ2n) is 3.92. The van der Waals surface area contributed by atoms with Gasteiger partial charge in [-0.05, 0) is 12.1 Å². The van der Waals surface area contributed by atoms with Gasteiger partial charge >= 0.3 is 18.0 Å². The lowest BCUT2D eigenvalue weighted by molar-refractivity contribution is -0.140. The molecule has 1 aromatic rings. The molecule has 0 heterocycles. The number of carbonyl (C=O) groups excluding carboxylic acids is 1. The van der Waals surface area contributed by atoms with Crippen molar-refractivity contribution in [3.8, 4) is 5.75 Å². The summed E-state index contributed by atoms with van der Waals surface area (Å²) in [5.74, 6) is -2.32. The first kappa shape index (κ1) is 16.6. The van der Waals surface area contributed by atoms with Crippen molar-refractivity contribution in [1.29, 1.82) is 0 Å². The normalized spacial score (nSPS) is 9.81. The van der Waals surface area contributed by atoms with E-state index in [1.807, 2.05) is 0 Å². The fourth-order valence-corrected chi connectivity index (χ4v) is 1.66. The van der Waals surface area contributed by atoms with Crippen LogP contribution in [0.4, 0.5) is 10.5 Å². The minimum absolute atomic E-state index is 0.294. The topological polar surface area (TPSA) is 116 Å². The maximum atomic E-state index is 11.9. The zero-order chi connectivity index (χ0) is 16.0. The van der Waals surface area contributed by atoms with Crippen LogP contribution in [0.2, 0.25) is 5.02 Å².